The molecule has 2 heteroatoms. The number of dihydropyridines is 1. The Labute approximate surface area is 254 Å². The number of allylic oxidation sites excluding steroid dienone is 10. The van der Waals surface area contributed by atoms with Crippen molar-refractivity contribution in [1.82, 2.24) is 10.3 Å². The second kappa shape index (κ2) is 10.9. The molecule has 0 fully saturated rings. The highest BCUT2D eigenvalue weighted by molar-refractivity contribution is 5.85. The zero-order valence-corrected chi connectivity index (χ0v) is 24.6. The van der Waals surface area contributed by atoms with E-state index in [0.717, 1.165) is 19.3 Å². The number of rotatable bonds is 4. The quantitative estimate of drug-likeness (QED) is 0.369. The van der Waals surface area contributed by atoms with E-state index in [1.165, 1.54) is 60.6 Å². The molecule has 0 saturated heterocycles. The van der Waals surface area contributed by atoms with Gasteiger partial charge in [0.25, 0.3) is 0 Å². The molecule has 8 rings (SSSR count). The fourth-order valence-electron chi connectivity index (χ4n) is 7.74. The normalized spacial score (nSPS) is 25.2. The molecule has 0 bridgehead atoms. The van der Waals surface area contributed by atoms with Crippen LogP contribution >= 0.6 is 0 Å². The Morgan fingerprint density at radius 2 is 1.56 bits per heavy atom. The minimum Gasteiger partial charge on any atom is -0.384 e. The zero-order chi connectivity index (χ0) is 28.8. The van der Waals surface area contributed by atoms with E-state index in [9.17, 15) is 0 Å². The van der Waals surface area contributed by atoms with Gasteiger partial charge in [0.15, 0.2) is 0 Å². The van der Waals surface area contributed by atoms with Gasteiger partial charge in [-0.2, -0.15) is 0 Å². The number of nitrogens with zero attached hydrogens (tertiary/aromatic N) is 1. The van der Waals surface area contributed by atoms with Crippen LogP contribution in [0.1, 0.15) is 35.1 Å². The van der Waals surface area contributed by atoms with Gasteiger partial charge in [-0.1, -0.05) is 103 Å². The predicted octanol–water partition coefficient (Wildman–Crippen LogP) is 7.16. The summed E-state index contributed by atoms with van der Waals surface area (Å²) < 4.78 is 0. The molecule has 3 aromatic rings. The Morgan fingerprint density at radius 1 is 0.791 bits per heavy atom. The maximum atomic E-state index is 4.21. The van der Waals surface area contributed by atoms with Gasteiger partial charge in [-0.05, 0) is 106 Å². The van der Waals surface area contributed by atoms with E-state index in [-0.39, 0.29) is 6.04 Å². The number of aromatic nitrogens is 1. The molecule has 4 unspecified atom stereocenters. The number of nitrogens with one attached hydrogen (secondary N) is 1. The third kappa shape index (κ3) is 4.72. The average molecular weight is 557 g/mol. The van der Waals surface area contributed by atoms with Gasteiger partial charge >= 0.3 is 0 Å². The van der Waals surface area contributed by atoms with Crippen molar-refractivity contribution in [2.75, 3.05) is 0 Å². The lowest BCUT2D eigenvalue weighted by molar-refractivity contribution is 0.512. The highest BCUT2D eigenvalue weighted by Crippen LogP contribution is 2.44. The first-order valence-electron chi connectivity index (χ1n) is 15.6. The number of fused-ring (bicyclic) bond motifs is 3. The van der Waals surface area contributed by atoms with Gasteiger partial charge in [-0.3, -0.25) is 4.98 Å². The molecular weight excluding hydrogens is 520 g/mol. The summed E-state index contributed by atoms with van der Waals surface area (Å²) in [5.41, 5.74) is 12.6. The number of pyridine rings is 1. The molecule has 4 aliphatic carbocycles. The molecule has 1 N–H and O–H groups in total. The smallest absolute Gasteiger partial charge is 0.0513 e. The fourth-order valence-corrected chi connectivity index (χ4v) is 7.74. The Bertz CT molecular complexity index is 1940. The molecule has 43 heavy (non-hydrogen) atoms. The minimum atomic E-state index is 0.239. The first kappa shape index (κ1) is 26.0. The zero-order valence-electron chi connectivity index (χ0n) is 24.6. The van der Waals surface area contributed by atoms with Crippen LogP contribution < -0.4 is 15.8 Å². The van der Waals surface area contributed by atoms with Crippen molar-refractivity contribution in [1.29, 1.82) is 0 Å². The third-order valence-electron chi connectivity index (χ3n) is 9.79. The minimum absolute atomic E-state index is 0.239. The third-order valence-corrected chi connectivity index (χ3v) is 9.79. The molecule has 1 aliphatic heterocycles. The van der Waals surface area contributed by atoms with Crippen LogP contribution in [-0.4, -0.2) is 11.0 Å². The van der Waals surface area contributed by atoms with Crippen LogP contribution in [-0.2, 0) is 6.42 Å². The second-order valence-electron chi connectivity index (χ2n) is 12.4. The molecule has 4 atom stereocenters. The van der Waals surface area contributed by atoms with Gasteiger partial charge in [-0.25, -0.2) is 0 Å². The molecule has 0 saturated carbocycles. The van der Waals surface area contributed by atoms with E-state index in [0.29, 0.717) is 17.8 Å². The standard InChI is InChI=1S/C41H36N2/c1-27-13-14-28-15-16-33(25-34(28)23-27)41-37-11-4-2-9-35(37)40(36-10-3-5-12-38(36)41)32-8-6-7-31(24-32)39-26-30(19-22-43-39)29-17-20-42-21-18-29/h2-14,17-23,25-26,31,35,37,39,43H,15-16,24H2,1H3. The van der Waals surface area contributed by atoms with E-state index in [2.05, 4.69) is 139 Å². The van der Waals surface area contributed by atoms with Crippen molar-refractivity contribution in [3.8, 4) is 0 Å². The van der Waals surface area contributed by atoms with E-state index in [4.69, 9.17) is 0 Å². The van der Waals surface area contributed by atoms with Crippen molar-refractivity contribution in [3.63, 3.8) is 0 Å². The van der Waals surface area contributed by atoms with Crippen molar-refractivity contribution in [2.24, 2.45) is 17.8 Å². The molecule has 0 spiro atoms. The number of aryl methyl sites for hydroxylation is 2. The van der Waals surface area contributed by atoms with Crippen LogP contribution in [0.4, 0.5) is 0 Å². The lowest BCUT2D eigenvalue weighted by Gasteiger charge is -2.37. The Hall–Kier alpha value is -4.69. The summed E-state index contributed by atoms with van der Waals surface area (Å²) in [6.07, 6.45) is 32.6. The summed E-state index contributed by atoms with van der Waals surface area (Å²) >= 11 is 0. The highest BCUT2D eigenvalue weighted by Gasteiger charge is 2.35. The van der Waals surface area contributed by atoms with Gasteiger partial charge in [-0.15, -0.1) is 0 Å². The topological polar surface area (TPSA) is 24.9 Å². The van der Waals surface area contributed by atoms with Crippen LogP contribution in [0.5, 0.6) is 0 Å². The monoisotopic (exact) mass is 556 g/mol. The largest absolute Gasteiger partial charge is 0.384 e. The van der Waals surface area contributed by atoms with Gasteiger partial charge in [0.1, 0.15) is 0 Å². The molecule has 5 aliphatic rings. The summed E-state index contributed by atoms with van der Waals surface area (Å²) in [7, 11) is 0. The van der Waals surface area contributed by atoms with E-state index < -0.39 is 0 Å². The van der Waals surface area contributed by atoms with E-state index in [1.54, 1.807) is 0 Å². The van der Waals surface area contributed by atoms with Crippen molar-refractivity contribution < 1.29 is 0 Å². The molecule has 0 radical (unpaired) electrons. The van der Waals surface area contributed by atoms with E-state index in [1.807, 2.05) is 12.4 Å². The van der Waals surface area contributed by atoms with Crippen LogP contribution in [0.2, 0.25) is 0 Å². The maximum Gasteiger partial charge on any atom is 0.0513 e. The molecule has 210 valence electrons. The summed E-state index contributed by atoms with van der Waals surface area (Å²) in [5.74, 6) is 1.04. The Morgan fingerprint density at radius 3 is 2.35 bits per heavy atom. The van der Waals surface area contributed by atoms with Crippen molar-refractivity contribution in [3.05, 3.63) is 172 Å². The van der Waals surface area contributed by atoms with Gasteiger partial charge in [0.2, 0.25) is 0 Å². The summed E-state index contributed by atoms with van der Waals surface area (Å²) in [4.78, 5) is 4.21. The number of benzene rings is 2. The molecular formula is C41H36N2. The van der Waals surface area contributed by atoms with Crippen LogP contribution in [0, 0.1) is 24.7 Å². The van der Waals surface area contributed by atoms with Gasteiger partial charge < -0.3 is 5.32 Å². The molecule has 2 aromatic carbocycles. The lowest BCUT2D eigenvalue weighted by Crippen LogP contribution is -2.41. The molecule has 2 nitrogen and oxygen atoms in total. The second-order valence-corrected chi connectivity index (χ2v) is 12.4. The molecule has 0 amide bonds. The number of hydrogen-bond acceptors (Lipinski definition) is 2. The number of hydrogen-bond donors (Lipinski definition) is 1. The molecule has 1 aromatic heterocycles. The van der Waals surface area contributed by atoms with Crippen molar-refractivity contribution in [2.45, 2.75) is 32.2 Å². The Balaban J connectivity index is 1.22. The maximum absolute atomic E-state index is 4.21. The highest BCUT2D eigenvalue weighted by atomic mass is 14.9. The first-order chi connectivity index (χ1) is 21.2. The first-order valence-corrected chi connectivity index (χ1v) is 15.6. The van der Waals surface area contributed by atoms with Crippen LogP contribution in [0.3, 0.4) is 0 Å². The summed E-state index contributed by atoms with van der Waals surface area (Å²) in [6, 6.07) is 20.5. The predicted molar refractivity (Wildman–Crippen MR) is 179 cm³/mol. The SMILES string of the molecule is Cc1ccc2c(c1)C=C(C1=c3ccccc3=C(C3=CC=CC(C4C=C(c5ccncc5)C=CN4)C3)C3C=CC=CC13)CC2. The lowest BCUT2D eigenvalue weighted by atomic mass is 9.67. The molecule has 2 heterocycles. The van der Waals surface area contributed by atoms with Crippen LogP contribution in [0.25, 0.3) is 22.8 Å². The van der Waals surface area contributed by atoms with Crippen molar-refractivity contribution >= 4 is 22.8 Å². The van der Waals surface area contributed by atoms with E-state index >= 15 is 0 Å². The summed E-state index contributed by atoms with van der Waals surface area (Å²) in [6.45, 7) is 2.20. The fraction of sp³-hybridized carbons (Fsp3) is 0.195. The van der Waals surface area contributed by atoms with Gasteiger partial charge in [0, 0.05) is 30.1 Å². The van der Waals surface area contributed by atoms with Gasteiger partial charge in [0.05, 0.1) is 6.04 Å². The summed E-state index contributed by atoms with van der Waals surface area (Å²) in [5, 5.41) is 6.46. The van der Waals surface area contributed by atoms with Crippen LogP contribution in [0.15, 0.2) is 139 Å². The Kier molecular flexibility index (Phi) is 6.56. The average Bonchev–Trinajstić information content (AvgIpc) is 3.07.